The summed E-state index contributed by atoms with van der Waals surface area (Å²) in [4.78, 5) is 37.8. The molecule has 0 radical (unpaired) electrons. The highest BCUT2D eigenvalue weighted by molar-refractivity contribution is 5.71. The molecule has 0 rings (SSSR count). The lowest BCUT2D eigenvalue weighted by Crippen LogP contribution is -2.30. The molecule has 0 aromatic carbocycles. The number of ether oxygens (including phenoxy) is 3. The fourth-order valence-corrected chi connectivity index (χ4v) is 7.09. The number of allylic oxidation sites excluding steroid dienone is 8. The van der Waals surface area contributed by atoms with Gasteiger partial charge in [-0.3, -0.25) is 14.4 Å². The number of rotatable bonds is 45. The second-order valence-electron chi connectivity index (χ2n) is 16.8. The molecule has 342 valence electrons. The number of hydrogen-bond donors (Lipinski definition) is 0. The maximum atomic E-state index is 12.8. The zero-order chi connectivity index (χ0) is 43.0. The molecule has 1 unspecified atom stereocenters. The number of unbranched alkanes of at least 4 members (excludes halogenated alkanes) is 28. The minimum atomic E-state index is -0.786. The molecule has 0 saturated heterocycles. The van der Waals surface area contributed by atoms with Gasteiger partial charge in [-0.1, -0.05) is 223 Å². The first-order chi connectivity index (χ1) is 29.0. The topological polar surface area (TPSA) is 78.9 Å². The molecule has 0 aromatic rings. The van der Waals surface area contributed by atoms with Crippen LogP contribution in [0.4, 0.5) is 0 Å². The molecule has 0 amide bonds. The van der Waals surface area contributed by atoms with Gasteiger partial charge in [0.2, 0.25) is 0 Å². The predicted molar refractivity (Wildman–Crippen MR) is 252 cm³/mol. The van der Waals surface area contributed by atoms with E-state index in [1.54, 1.807) is 0 Å². The first-order valence-corrected chi connectivity index (χ1v) is 25.2. The summed E-state index contributed by atoms with van der Waals surface area (Å²) in [5, 5.41) is 0. The molecule has 0 aliphatic rings. The Labute approximate surface area is 365 Å². The van der Waals surface area contributed by atoms with Gasteiger partial charge in [0, 0.05) is 19.3 Å². The molecule has 0 aromatic heterocycles. The van der Waals surface area contributed by atoms with E-state index in [4.69, 9.17) is 14.2 Å². The number of carbonyl (C=O) groups is 3. The highest BCUT2D eigenvalue weighted by Crippen LogP contribution is 2.16. The van der Waals surface area contributed by atoms with E-state index in [1.807, 2.05) is 0 Å². The highest BCUT2D eigenvalue weighted by atomic mass is 16.6. The summed E-state index contributed by atoms with van der Waals surface area (Å²) in [7, 11) is 0. The SMILES string of the molecule is CC\C=C/C=C\C=C/CCCCCCCCCC(=O)OC(COC(=O)CCC/C=C\CCCCCC)COC(=O)CCCCCCCCCCCCCCCCCCC. The number of hydrogen-bond acceptors (Lipinski definition) is 6. The summed E-state index contributed by atoms with van der Waals surface area (Å²) in [6, 6.07) is 0. The summed E-state index contributed by atoms with van der Waals surface area (Å²) < 4.78 is 16.7. The van der Waals surface area contributed by atoms with Crippen LogP contribution in [0.3, 0.4) is 0 Å². The van der Waals surface area contributed by atoms with Gasteiger partial charge in [0.15, 0.2) is 6.10 Å². The maximum Gasteiger partial charge on any atom is 0.306 e. The zero-order valence-corrected chi connectivity index (χ0v) is 39.0. The molecule has 1 atom stereocenters. The molecule has 0 heterocycles. The van der Waals surface area contributed by atoms with Crippen LogP contribution in [0.25, 0.3) is 0 Å². The largest absolute Gasteiger partial charge is 0.462 e. The third kappa shape index (κ3) is 46.3. The van der Waals surface area contributed by atoms with Gasteiger partial charge in [-0.05, 0) is 57.8 Å². The molecule has 0 fully saturated rings. The van der Waals surface area contributed by atoms with Gasteiger partial charge in [0.1, 0.15) is 13.2 Å². The van der Waals surface area contributed by atoms with Gasteiger partial charge < -0.3 is 14.2 Å². The van der Waals surface area contributed by atoms with Crippen molar-refractivity contribution in [2.24, 2.45) is 0 Å². The van der Waals surface area contributed by atoms with Gasteiger partial charge in [-0.15, -0.1) is 0 Å². The van der Waals surface area contributed by atoms with Gasteiger partial charge in [-0.25, -0.2) is 0 Å². The minimum absolute atomic E-state index is 0.0844. The highest BCUT2D eigenvalue weighted by Gasteiger charge is 2.19. The van der Waals surface area contributed by atoms with E-state index >= 15 is 0 Å². The van der Waals surface area contributed by atoms with Crippen LogP contribution in [0.5, 0.6) is 0 Å². The van der Waals surface area contributed by atoms with E-state index in [2.05, 4.69) is 69.4 Å². The van der Waals surface area contributed by atoms with Crippen molar-refractivity contribution >= 4 is 17.9 Å². The number of carbonyl (C=O) groups excluding carboxylic acids is 3. The van der Waals surface area contributed by atoms with E-state index in [1.165, 1.54) is 141 Å². The Morgan fingerprint density at radius 3 is 1.15 bits per heavy atom. The standard InChI is InChI=1S/C53H94O6/c1-4-7-10-13-16-19-21-23-25-26-28-29-31-34-37-40-43-46-52(55)58-49-50(48-57-51(54)45-42-39-36-33-18-15-12-9-6-3)59-53(56)47-44-41-38-35-32-30-27-24-22-20-17-14-11-8-5-2/h8,11,14,17,20,22,33,36,50H,4-7,9-10,12-13,15-16,18-19,21,23-32,34-35,37-49H2,1-3H3/b11-8-,17-14-,22-20-,36-33-. The van der Waals surface area contributed by atoms with E-state index in [0.717, 1.165) is 70.6 Å². The predicted octanol–water partition coefficient (Wildman–Crippen LogP) is 16.3. The molecule has 6 heteroatoms. The molecule has 59 heavy (non-hydrogen) atoms. The summed E-state index contributed by atoms with van der Waals surface area (Å²) in [6.45, 7) is 6.45. The first-order valence-electron chi connectivity index (χ1n) is 25.2. The van der Waals surface area contributed by atoms with Crippen LogP contribution in [0.1, 0.15) is 252 Å². The summed E-state index contributed by atoms with van der Waals surface area (Å²) in [5.41, 5.74) is 0. The molecule has 0 bridgehead atoms. The van der Waals surface area contributed by atoms with Crippen LogP contribution >= 0.6 is 0 Å². The van der Waals surface area contributed by atoms with E-state index < -0.39 is 6.10 Å². The lowest BCUT2D eigenvalue weighted by atomic mass is 10.0. The third-order valence-electron chi connectivity index (χ3n) is 10.9. The van der Waals surface area contributed by atoms with Gasteiger partial charge >= 0.3 is 17.9 Å². The first kappa shape index (κ1) is 56.4. The molecule has 0 aliphatic heterocycles. The Morgan fingerprint density at radius 1 is 0.356 bits per heavy atom. The van der Waals surface area contributed by atoms with Crippen LogP contribution in [0, 0.1) is 0 Å². The molecule has 0 aliphatic carbocycles. The second-order valence-corrected chi connectivity index (χ2v) is 16.8. The monoisotopic (exact) mass is 827 g/mol. The Hall–Kier alpha value is -2.63. The smallest absolute Gasteiger partial charge is 0.306 e. The summed E-state index contributed by atoms with van der Waals surface area (Å²) in [6.07, 6.45) is 56.8. The lowest BCUT2D eigenvalue weighted by molar-refractivity contribution is -0.167. The Morgan fingerprint density at radius 2 is 0.695 bits per heavy atom. The van der Waals surface area contributed by atoms with Crippen LogP contribution in [-0.2, 0) is 28.6 Å². The van der Waals surface area contributed by atoms with Crippen molar-refractivity contribution in [3.8, 4) is 0 Å². The summed E-state index contributed by atoms with van der Waals surface area (Å²) >= 11 is 0. The third-order valence-corrected chi connectivity index (χ3v) is 10.9. The second kappa shape index (κ2) is 48.0. The Balaban J connectivity index is 4.32. The Bertz CT molecular complexity index is 1040. The van der Waals surface area contributed by atoms with Crippen molar-refractivity contribution in [3.63, 3.8) is 0 Å². The van der Waals surface area contributed by atoms with E-state index in [0.29, 0.717) is 19.3 Å². The van der Waals surface area contributed by atoms with Crippen LogP contribution < -0.4 is 0 Å². The molecule has 6 nitrogen and oxygen atoms in total. The lowest BCUT2D eigenvalue weighted by Gasteiger charge is -2.18. The van der Waals surface area contributed by atoms with Crippen molar-refractivity contribution in [1.29, 1.82) is 0 Å². The van der Waals surface area contributed by atoms with Crippen LogP contribution in [-0.4, -0.2) is 37.2 Å². The van der Waals surface area contributed by atoms with E-state index in [-0.39, 0.29) is 31.1 Å². The van der Waals surface area contributed by atoms with Crippen LogP contribution in [0.2, 0.25) is 0 Å². The van der Waals surface area contributed by atoms with Crippen molar-refractivity contribution in [2.45, 2.75) is 258 Å². The number of esters is 3. The van der Waals surface area contributed by atoms with Crippen molar-refractivity contribution in [1.82, 2.24) is 0 Å². The minimum Gasteiger partial charge on any atom is -0.462 e. The van der Waals surface area contributed by atoms with Crippen molar-refractivity contribution in [2.75, 3.05) is 13.2 Å². The quantitative estimate of drug-likeness (QED) is 0.0200. The van der Waals surface area contributed by atoms with Gasteiger partial charge in [0.25, 0.3) is 0 Å². The molecule has 0 spiro atoms. The average Bonchev–Trinajstić information content (AvgIpc) is 3.23. The maximum absolute atomic E-state index is 12.8. The Kier molecular flexibility index (Phi) is 45.9. The van der Waals surface area contributed by atoms with Gasteiger partial charge in [0.05, 0.1) is 0 Å². The van der Waals surface area contributed by atoms with E-state index in [9.17, 15) is 14.4 Å². The summed E-state index contributed by atoms with van der Waals surface area (Å²) in [5.74, 6) is -0.928. The molecular weight excluding hydrogens is 733 g/mol. The molecule has 0 saturated carbocycles. The fraction of sp³-hybridized carbons (Fsp3) is 0.792. The molecular formula is C53H94O6. The van der Waals surface area contributed by atoms with Gasteiger partial charge in [-0.2, -0.15) is 0 Å². The average molecular weight is 827 g/mol. The van der Waals surface area contributed by atoms with Crippen molar-refractivity contribution in [3.05, 3.63) is 48.6 Å². The normalized spacial score (nSPS) is 12.4. The zero-order valence-electron chi connectivity index (χ0n) is 39.0. The molecule has 0 N–H and O–H groups in total. The van der Waals surface area contributed by atoms with Crippen LogP contribution in [0.15, 0.2) is 48.6 Å². The fourth-order valence-electron chi connectivity index (χ4n) is 7.09. The van der Waals surface area contributed by atoms with Crippen molar-refractivity contribution < 1.29 is 28.6 Å².